The Bertz CT molecular complexity index is 2880. The van der Waals surface area contributed by atoms with Crippen molar-refractivity contribution in [2.75, 3.05) is 19.7 Å². The van der Waals surface area contributed by atoms with E-state index in [-0.39, 0.29) is 23.4 Å². The maximum absolute atomic E-state index is 14.5. The Kier molecular flexibility index (Phi) is 20.8. The van der Waals surface area contributed by atoms with Gasteiger partial charge in [0.05, 0.1) is 31.0 Å². The first-order valence-electron chi connectivity index (χ1n) is 27.3. The molecule has 3 aliphatic rings. The first kappa shape index (κ1) is 62.1. The zero-order valence-corrected chi connectivity index (χ0v) is 45.7. The highest BCUT2D eigenvalue weighted by Crippen LogP contribution is 2.30. The fourth-order valence-electron chi connectivity index (χ4n) is 10.2. The lowest BCUT2D eigenvalue weighted by Crippen LogP contribution is -2.64. The van der Waals surface area contributed by atoms with Crippen molar-refractivity contribution in [3.63, 3.8) is 0 Å². The number of ether oxygens (including phenoxy) is 1. The summed E-state index contributed by atoms with van der Waals surface area (Å²) in [7, 11) is 0. The third-order valence-electron chi connectivity index (χ3n) is 15.0. The van der Waals surface area contributed by atoms with E-state index in [0.29, 0.717) is 12.2 Å². The van der Waals surface area contributed by atoms with Crippen LogP contribution in [0.4, 0.5) is 0 Å². The molecule has 15 atom stereocenters. The van der Waals surface area contributed by atoms with E-state index in [1.807, 2.05) is 48.5 Å². The minimum absolute atomic E-state index is 0.00973. The fourth-order valence-corrected chi connectivity index (χ4v) is 10.2. The van der Waals surface area contributed by atoms with Crippen LogP contribution in [0.3, 0.4) is 0 Å². The quantitative estimate of drug-likeness (QED) is 0.0679. The summed E-state index contributed by atoms with van der Waals surface area (Å²) < 4.78 is 5.84. The van der Waals surface area contributed by atoms with Crippen LogP contribution >= 0.6 is 0 Å². The first-order valence-corrected chi connectivity index (χ1v) is 27.3. The van der Waals surface area contributed by atoms with Gasteiger partial charge in [-0.2, -0.15) is 0 Å². The molecule has 3 saturated heterocycles. The summed E-state index contributed by atoms with van der Waals surface area (Å²) >= 11 is 0. The molecule has 24 heteroatoms. The Hall–Kier alpha value is -7.55. The van der Waals surface area contributed by atoms with Crippen molar-refractivity contribution in [3.8, 4) is 33.8 Å². The monoisotopic (exact) mass is 1140 g/mol. The molecule has 82 heavy (non-hydrogen) atoms. The number of carbonyl (C=O) groups excluding carboxylic acids is 7. The molecule has 0 bridgehead atoms. The van der Waals surface area contributed by atoms with Crippen LogP contribution in [0.2, 0.25) is 0 Å². The number of phenols is 1. The number of aliphatic hydroxyl groups excluding tert-OH is 8. The van der Waals surface area contributed by atoms with Gasteiger partial charge in [-0.1, -0.05) is 87.4 Å². The molecular weight excluding hydrogens is 1070 g/mol. The van der Waals surface area contributed by atoms with E-state index in [0.717, 1.165) is 77.5 Å². The summed E-state index contributed by atoms with van der Waals surface area (Å²) in [6.07, 6.45) is -13.6. The molecule has 0 saturated carbocycles. The molecule has 3 fully saturated rings. The van der Waals surface area contributed by atoms with Gasteiger partial charge in [0, 0.05) is 37.4 Å². The fraction of sp³-hybridized carbons (Fsp3) is 0.466. The molecule has 3 aliphatic heterocycles. The van der Waals surface area contributed by atoms with Gasteiger partial charge in [0.2, 0.25) is 35.4 Å². The SMILES string of the molecule is CCCCCOc1ccc(-c2ccc(-c3ccc(C(=O)N[C@H]4C[C@@H](O)[C@@H](O)NC(=O)[C@@H]5[C@@H](O)[C@@H](C)CN5C(=O)[C@H]([C@@H](C)O)NC(=O)C([C@H](O)[C@@H](O)c5ccc(O)cc5)NC(=O)[C@@H]5C[C@@H](O)CN5C(=O)C([C@@H](C)O)NC4=O)cc3)cc2)cc1. The molecule has 0 aliphatic carbocycles. The summed E-state index contributed by atoms with van der Waals surface area (Å²) in [6, 6.07) is 14.7. The van der Waals surface area contributed by atoms with E-state index in [4.69, 9.17) is 4.74 Å². The molecule has 0 spiro atoms. The zero-order valence-electron chi connectivity index (χ0n) is 45.7. The second-order valence-electron chi connectivity index (χ2n) is 21.3. The summed E-state index contributed by atoms with van der Waals surface area (Å²) in [5.41, 5.74) is 3.37. The Morgan fingerprint density at radius 1 is 0.634 bits per heavy atom. The van der Waals surface area contributed by atoms with Crippen molar-refractivity contribution >= 4 is 41.4 Å². The van der Waals surface area contributed by atoms with Crippen molar-refractivity contribution in [1.29, 1.82) is 0 Å². The first-order chi connectivity index (χ1) is 39.0. The van der Waals surface area contributed by atoms with Crippen molar-refractivity contribution in [1.82, 2.24) is 36.4 Å². The zero-order chi connectivity index (χ0) is 59.7. The standard InChI is InChI=1S/C58H73N7O17/c1-5-6-7-24-82-40-22-18-35(19-23-40)33-10-8-32(9-11-33)34-12-14-37(15-13-34)51(74)59-41-26-43(70)54(77)63-56(79)47-48(71)29(2)27-65(47)58(81)45(31(4)67)61-55(78)46(50(73)49(72)36-16-20-38(68)21-17-36)62-53(76)42-25-39(69)28-64(42)57(80)44(30(3)66)60-52(41)75/h8-23,29-31,39,41-50,54,66-73,77H,5-7,24-28H2,1-4H3,(H,59,74)(H,60,75)(H,61,78)(H,62,76)(H,63,79)/t29-,30+,31+,39+,41-,42-,43+,44?,45-,46?,47-,48-,49-,50-,54+/m0/s1. The Balaban J connectivity index is 1.18. The summed E-state index contributed by atoms with van der Waals surface area (Å²) in [5.74, 6) is -8.67. The number of hydrogen-bond acceptors (Lipinski definition) is 17. The van der Waals surface area contributed by atoms with Crippen LogP contribution in [0, 0.1) is 5.92 Å². The van der Waals surface area contributed by atoms with Crippen molar-refractivity contribution < 1.29 is 84.3 Å². The van der Waals surface area contributed by atoms with E-state index >= 15 is 0 Å². The minimum Gasteiger partial charge on any atom is -0.508 e. The lowest BCUT2D eigenvalue weighted by atomic mass is 9.96. The average molecular weight is 1140 g/mol. The normalized spacial score (nSPS) is 27.5. The number of rotatable bonds is 14. The molecule has 4 aromatic carbocycles. The minimum atomic E-state index is -2.29. The highest BCUT2D eigenvalue weighted by atomic mass is 16.5. The molecule has 14 N–H and O–H groups in total. The number of phenolic OH excluding ortho intramolecular Hbond substituents is 1. The Morgan fingerprint density at radius 2 is 1.16 bits per heavy atom. The van der Waals surface area contributed by atoms with E-state index in [1.54, 1.807) is 12.1 Å². The van der Waals surface area contributed by atoms with Gasteiger partial charge in [0.15, 0.2) is 6.23 Å². The summed E-state index contributed by atoms with van der Waals surface area (Å²) in [6.45, 7) is 5.47. The summed E-state index contributed by atoms with van der Waals surface area (Å²) in [4.78, 5) is 102. The highest BCUT2D eigenvalue weighted by molar-refractivity contribution is 6.00. The maximum atomic E-state index is 14.5. The average Bonchev–Trinajstić information content (AvgIpc) is 4.06. The van der Waals surface area contributed by atoms with E-state index in [9.17, 15) is 79.5 Å². The molecular formula is C58H73N7O17. The molecule has 2 unspecified atom stereocenters. The Morgan fingerprint density at radius 3 is 1.72 bits per heavy atom. The number of aliphatic hydroxyl groups is 8. The second-order valence-corrected chi connectivity index (χ2v) is 21.3. The van der Waals surface area contributed by atoms with Crippen molar-refractivity contribution in [2.24, 2.45) is 5.92 Å². The number of hydrogen-bond donors (Lipinski definition) is 14. The van der Waals surface area contributed by atoms with Crippen LogP contribution in [0.5, 0.6) is 11.5 Å². The number of unbranched alkanes of at least 4 members (excludes halogenated alkanes) is 2. The summed E-state index contributed by atoms with van der Waals surface area (Å²) in [5, 5.41) is 111. The van der Waals surface area contributed by atoms with Crippen molar-refractivity contribution in [2.45, 2.75) is 145 Å². The van der Waals surface area contributed by atoms with Gasteiger partial charge < -0.3 is 87.1 Å². The lowest BCUT2D eigenvalue weighted by molar-refractivity contribution is -0.148. The van der Waals surface area contributed by atoms with E-state index in [2.05, 4.69) is 33.5 Å². The number of carbonyl (C=O) groups is 7. The molecule has 0 radical (unpaired) electrons. The Labute approximate surface area is 473 Å². The van der Waals surface area contributed by atoms with E-state index in [1.165, 1.54) is 31.2 Å². The van der Waals surface area contributed by atoms with Crippen LogP contribution in [-0.4, -0.2) is 196 Å². The van der Waals surface area contributed by atoms with Gasteiger partial charge in [-0.15, -0.1) is 0 Å². The molecule has 7 amide bonds. The number of nitrogens with zero attached hydrogens (tertiary/aromatic N) is 2. The van der Waals surface area contributed by atoms with Gasteiger partial charge >= 0.3 is 0 Å². The van der Waals surface area contributed by atoms with Gasteiger partial charge in [-0.3, -0.25) is 33.6 Å². The van der Waals surface area contributed by atoms with Crippen LogP contribution in [0.1, 0.15) is 81.8 Å². The van der Waals surface area contributed by atoms with Gasteiger partial charge in [-0.25, -0.2) is 0 Å². The smallest absolute Gasteiger partial charge is 0.251 e. The molecule has 7 rings (SSSR count). The number of benzene rings is 4. The predicted octanol–water partition coefficient (Wildman–Crippen LogP) is -0.927. The highest BCUT2D eigenvalue weighted by Gasteiger charge is 2.50. The molecule has 24 nitrogen and oxygen atoms in total. The largest absolute Gasteiger partial charge is 0.508 e. The molecule has 0 aromatic heterocycles. The van der Waals surface area contributed by atoms with E-state index < -0.39 is 152 Å². The van der Waals surface area contributed by atoms with Gasteiger partial charge in [0.25, 0.3) is 5.91 Å². The predicted molar refractivity (Wildman–Crippen MR) is 293 cm³/mol. The number of fused-ring (bicyclic) bond motifs is 2. The number of aromatic hydroxyl groups is 1. The topological polar surface area (TPSA) is 377 Å². The third kappa shape index (κ3) is 14.7. The second kappa shape index (κ2) is 27.5. The number of amides is 7. The van der Waals surface area contributed by atoms with Gasteiger partial charge in [0.1, 0.15) is 66.1 Å². The van der Waals surface area contributed by atoms with Crippen LogP contribution < -0.4 is 31.3 Å². The maximum Gasteiger partial charge on any atom is 0.251 e. The third-order valence-corrected chi connectivity index (χ3v) is 15.0. The number of nitrogens with one attached hydrogen (secondary N) is 5. The van der Waals surface area contributed by atoms with Crippen molar-refractivity contribution in [3.05, 3.63) is 108 Å². The molecule has 4 aromatic rings. The van der Waals surface area contributed by atoms with Gasteiger partial charge in [-0.05, 0) is 84.5 Å². The van der Waals surface area contributed by atoms with Crippen LogP contribution in [0.15, 0.2) is 97.1 Å². The van der Waals surface area contributed by atoms with Crippen LogP contribution in [0.25, 0.3) is 22.3 Å². The van der Waals surface area contributed by atoms with Crippen LogP contribution in [-0.2, 0) is 28.8 Å². The lowest BCUT2D eigenvalue weighted by Gasteiger charge is -2.34. The molecule has 3 heterocycles. The molecule has 442 valence electrons.